The van der Waals surface area contributed by atoms with Gasteiger partial charge in [0.15, 0.2) is 0 Å². The molecule has 0 aliphatic carbocycles. The van der Waals surface area contributed by atoms with E-state index in [1.165, 1.54) is 0 Å². The molecule has 0 radical (unpaired) electrons. The van der Waals surface area contributed by atoms with Crippen molar-refractivity contribution in [1.29, 1.82) is 0 Å². The summed E-state index contributed by atoms with van der Waals surface area (Å²) >= 11 is 0. The quantitative estimate of drug-likeness (QED) is 0.197. The van der Waals surface area contributed by atoms with E-state index in [0.717, 1.165) is 0 Å². The van der Waals surface area contributed by atoms with E-state index in [2.05, 4.69) is 0 Å². The van der Waals surface area contributed by atoms with Gasteiger partial charge in [-0.2, -0.15) is 61.5 Å². The number of alkyl halides is 14. The van der Waals surface area contributed by atoms with Gasteiger partial charge < -0.3 is 0 Å². The Balaban J connectivity index is 6.32. The molecule has 0 saturated carbocycles. The van der Waals surface area contributed by atoms with Crippen molar-refractivity contribution >= 4 is 9.08 Å². The molecule has 0 spiro atoms. The minimum Gasteiger partial charge on any atom is -0.238 e. The molecule has 0 aliphatic heterocycles. The standard InChI is InChI=1S/C10H7F17Si/c1-4(11,12)6(15,16)8(19,20)10(23,24)9(21,22)7(17,18)5(13,14)2-3-28(25,26)27/h2-3H2,1H3. The Hall–Kier alpha value is -0.973. The largest absolute Gasteiger partial charge is 0.616 e. The first-order valence-corrected chi connectivity index (χ1v) is 8.26. The van der Waals surface area contributed by atoms with E-state index in [9.17, 15) is 73.8 Å². The lowest BCUT2D eigenvalue weighted by Crippen LogP contribution is -2.72. The van der Waals surface area contributed by atoms with Crippen LogP contribution in [0.2, 0.25) is 6.04 Å². The zero-order valence-electron chi connectivity index (χ0n) is 12.8. The molecule has 28 heavy (non-hydrogen) atoms. The Kier molecular flexibility index (Phi) is 6.55. The fourth-order valence-corrected chi connectivity index (χ4v) is 2.15. The molecule has 0 amide bonds. The van der Waals surface area contributed by atoms with E-state index in [-0.39, 0.29) is 0 Å². The molecule has 0 heterocycles. The first-order chi connectivity index (χ1) is 11.7. The molecular weight excluding hydrogens is 471 g/mol. The minimum absolute atomic E-state index is 1.18. The highest BCUT2D eigenvalue weighted by atomic mass is 28.5. The number of hydrogen-bond donors (Lipinski definition) is 0. The van der Waals surface area contributed by atoms with Gasteiger partial charge in [-0.1, -0.05) is 0 Å². The third-order valence-electron chi connectivity index (χ3n) is 3.31. The molecule has 0 aromatic rings. The molecule has 0 N–H and O–H groups in total. The second-order valence-corrected chi connectivity index (χ2v) is 7.31. The predicted octanol–water partition coefficient (Wildman–Crippen LogP) is 6.69. The van der Waals surface area contributed by atoms with E-state index >= 15 is 0 Å². The number of halogens is 17. The highest BCUT2D eigenvalue weighted by molar-refractivity contribution is 6.58. The summed E-state index contributed by atoms with van der Waals surface area (Å²) in [5.74, 6) is -52.6. The SMILES string of the molecule is CC(F)(F)C(F)(F)C(F)(F)C(F)(F)C(F)(F)C(F)(F)C(F)(F)CC[Si](F)(F)F. The summed E-state index contributed by atoms with van der Waals surface area (Å²) in [5.41, 5.74) is 0. The normalized spacial score (nSPS) is 16.5. The Labute approximate surface area is 145 Å². The molecule has 170 valence electrons. The van der Waals surface area contributed by atoms with Crippen molar-refractivity contribution in [3.63, 3.8) is 0 Å². The van der Waals surface area contributed by atoms with Crippen molar-refractivity contribution in [3.05, 3.63) is 0 Å². The van der Waals surface area contributed by atoms with Crippen molar-refractivity contribution in [2.45, 2.75) is 60.8 Å². The molecule has 0 bridgehead atoms. The average molecular weight is 478 g/mol. The lowest BCUT2D eigenvalue weighted by atomic mass is 9.89. The average Bonchev–Trinajstić information content (AvgIpc) is 2.42. The van der Waals surface area contributed by atoms with Crippen LogP contribution >= 0.6 is 0 Å². The zero-order valence-corrected chi connectivity index (χ0v) is 13.8. The Morgan fingerprint density at radius 2 is 0.786 bits per heavy atom. The first kappa shape index (κ1) is 27.0. The van der Waals surface area contributed by atoms with Crippen LogP contribution in [0.5, 0.6) is 0 Å². The fraction of sp³-hybridized carbons (Fsp3) is 1.00. The van der Waals surface area contributed by atoms with Crippen molar-refractivity contribution in [3.8, 4) is 0 Å². The maximum absolute atomic E-state index is 13.2. The summed E-state index contributed by atoms with van der Waals surface area (Å²) in [6, 6.07) is -2.85. The van der Waals surface area contributed by atoms with E-state index in [4.69, 9.17) is 0 Å². The van der Waals surface area contributed by atoms with Crippen LogP contribution in [0.1, 0.15) is 13.3 Å². The highest BCUT2D eigenvalue weighted by Crippen LogP contribution is 2.62. The van der Waals surface area contributed by atoms with Crippen LogP contribution in [-0.2, 0) is 0 Å². The molecule has 0 atom stereocenters. The summed E-state index contributed by atoms with van der Waals surface area (Å²) in [4.78, 5) is 0. The molecule has 0 fully saturated rings. The van der Waals surface area contributed by atoms with Gasteiger partial charge in [0.1, 0.15) is 0 Å². The summed E-state index contributed by atoms with van der Waals surface area (Å²) in [6.45, 7) is -1.18. The van der Waals surface area contributed by atoms with E-state index in [1.54, 1.807) is 0 Å². The Bertz CT molecular complexity index is 553. The second-order valence-electron chi connectivity index (χ2n) is 5.58. The summed E-state index contributed by atoms with van der Waals surface area (Å²) < 4.78 is 218. The third-order valence-corrected chi connectivity index (χ3v) is 4.13. The molecule has 0 aromatic carbocycles. The van der Waals surface area contributed by atoms with Crippen LogP contribution in [-0.4, -0.2) is 50.5 Å². The van der Waals surface area contributed by atoms with Gasteiger partial charge in [-0.25, -0.2) is 12.3 Å². The molecule has 0 aliphatic rings. The van der Waals surface area contributed by atoms with Gasteiger partial charge >= 0.3 is 50.5 Å². The van der Waals surface area contributed by atoms with E-state index < -0.39 is 69.9 Å². The Morgan fingerprint density at radius 3 is 1.07 bits per heavy atom. The van der Waals surface area contributed by atoms with Gasteiger partial charge in [0.25, 0.3) is 0 Å². The van der Waals surface area contributed by atoms with Gasteiger partial charge in [-0.15, -0.1) is 0 Å². The van der Waals surface area contributed by atoms with Crippen LogP contribution in [0.25, 0.3) is 0 Å². The molecule has 0 aromatic heterocycles. The Morgan fingerprint density at radius 1 is 0.500 bits per heavy atom. The topological polar surface area (TPSA) is 0 Å². The van der Waals surface area contributed by atoms with Crippen molar-refractivity contribution in [1.82, 2.24) is 0 Å². The summed E-state index contributed by atoms with van der Waals surface area (Å²) in [5, 5.41) is 0. The molecular formula is C10H7F17Si. The maximum Gasteiger partial charge on any atom is 0.616 e. The summed E-state index contributed by atoms with van der Waals surface area (Å²) in [7, 11) is -7.16. The predicted molar refractivity (Wildman–Crippen MR) is 58.8 cm³/mol. The van der Waals surface area contributed by atoms with E-state index in [1.807, 2.05) is 0 Å². The molecule has 0 nitrogen and oxygen atoms in total. The number of hydrogen-bond acceptors (Lipinski definition) is 0. The number of rotatable bonds is 9. The molecule has 0 saturated heterocycles. The van der Waals surface area contributed by atoms with Gasteiger partial charge in [0.2, 0.25) is 0 Å². The highest BCUT2D eigenvalue weighted by Gasteiger charge is 2.92. The van der Waals surface area contributed by atoms with Gasteiger partial charge in [0.05, 0.1) is 0 Å². The van der Waals surface area contributed by atoms with Crippen LogP contribution < -0.4 is 0 Å². The van der Waals surface area contributed by atoms with Crippen LogP contribution in [0, 0.1) is 0 Å². The van der Waals surface area contributed by atoms with Gasteiger partial charge in [0, 0.05) is 19.4 Å². The third kappa shape index (κ3) is 4.01. The van der Waals surface area contributed by atoms with Crippen LogP contribution in [0.15, 0.2) is 0 Å². The van der Waals surface area contributed by atoms with Crippen molar-refractivity contribution in [2.24, 2.45) is 0 Å². The first-order valence-electron chi connectivity index (χ1n) is 6.42. The second kappa shape index (κ2) is 6.78. The van der Waals surface area contributed by atoms with Crippen LogP contribution in [0.3, 0.4) is 0 Å². The smallest absolute Gasteiger partial charge is 0.238 e. The molecule has 0 unspecified atom stereocenters. The minimum atomic E-state index is -8.24. The zero-order chi connectivity index (χ0) is 23.4. The molecule has 0 rings (SSSR count). The lowest BCUT2D eigenvalue weighted by molar-refractivity contribution is -0.440. The monoisotopic (exact) mass is 478 g/mol. The van der Waals surface area contributed by atoms with E-state index in [0.29, 0.717) is 0 Å². The van der Waals surface area contributed by atoms with Gasteiger partial charge in [-0.3, -0.25) is 0 Å². The summed E-state index contributed by atoms with van der Waals surface area (Å²) in [6.07, 6.45) is -3.27. The van der Waals surface area contributed by atoms with Crippen molar-refractivity contribution in [2.75, 3.05) is 0 Å². The van der Waals surface area contributed by atoms with Crippen molar-refractivity contribution < 1.29 is 73.8 Å². The fourth-order valence-electron chi connectivity index (χ4n) is 1.55. The lowest BCUT2D eigenvalue weighted by Gasteiger charge is -2.42. The van der Waals surface area contributed by atoms with Gasteiger partial charge in [-0.05, 0) is 0 Å². The van der Waals surface area contributed by atoms with Crippen LogP contribution in [0.4, 0.5) is 73.8 Å². The molecule has 18 heteroatoms. The maximum atomic E-state index is 13.2.